The maximum Gasteiger partial charge on any atom is 0.309 e. The second kappa shape index (κ2) is 4.64. The number of rotatable bonds is 3. The summed E-state index contributed by atoms with van der Waals surface area (Å²) in [7, 11) is 0. The molecule has 96 valence electrons. The van der Waals surface area contributed by atoms with Crippen LogP contribution in [0.5, 0.6) is 0 Å². The third-order valence-corrected chi connectivity index (χ3v) is 4.07. The first-order valence-corrected chi connectivity index (χ1v) is 6.23. The smallest absolute Gasteiger partial charge is 0.309 e. The van der Waals surface area contributed by atoms with E-state index in [0.29, 0.717) is 38.3 Å². The molecular weight excluding hydrogens is 220 g/mol. The molecule has 0 saturated carbocycles. The second-order valence-corrected chi connectivity index (χ2v) is 5.47. The van der Waals surface area contributed by atoms with E-state index in [2.05, 4.69) is 5.32 Å². The molecule has 2 fully saturated rings. The zero-order valence-electron chi connectivity index (χ0n) is 10.2. The SMILES string of the molecule is CC1(C(=O)O)CCN(C(=O)CC2CNC2)CC1. The van der Waals surface area contributed by atoms with Crippen LogP contribution in [0.4, 0.5) is 0 Å². The Hall–Kier alpha value is -1.10. The first kappa shape index (κ1) is 12.4. The predicted molar refractivity (Wildman–Crippen MR) is 62.5 cm³/mol. The number of carboxylic acids is 1. The van der Waals surface area contributed by atoms with Gasteiger partial charge in [-0.15, -0.1) is 0 Å². The van der Waals surface area contributed by atoms with Crippen molar-refractivity contribution in [1.29, 1.82) is 0 Å². The molecule has 2 rings (SSSR count). The molecule has 5 heteroatoms. The summed E-state index contributed by atoms with van der Waals surface area (Å²) in [6.45, 7) is 4.81. The summed E-state index contributed by atoms with van der Waals surface area (Å²) in [5, 5.41) is 12.3. The fraction of sp³-hybridized carbons (Fsp3) is 0.833. The van der Waals surface area contributed by atoms with Gasteiger partial charge in [0.15, 0.2) is 0 Å². The summed E-state index contributed by atoms with van der Waals surface area (Å²) in [4.78, 5) is 24.8. The van der Waals surface area contributed by atoms with E-state index in [0.717, 1.165) is 13.1 Å². The molecule has 2 aliphatic heterocycles. The van der Waals surface area contributed by atoms with E-state index >= 15 is 0 Å². The highest BCUT2D eigenvalue weighted by Crippen LogP contribution is 2.31. The zero-order valence-corrected chi connectivity index (χ0v) is 10.2. The minimum atomic E-state index is -0.743. The summed E-state index contributed by atoms with van der Waals surface area (Å²) in [5.41, 5.74) is -0.644. The van der Waals surface area contributed by atoms with Gasteiger partial charge in [0.1, 0.15) is 0 Å². The molecule has 2 saturated heterocycles. The maximum absolute atomic E-state index is 11.9. The third kappa shape index (κ3) is 2.60. The number of hydrogen-bond donors (Lipinski definition) is 2. The van der Waals surface area contributed by atoms with Crippen LogP contribution in [0.1, 0.15) is 26.2 Å². The van der Waals surface area contributed by atoms with Crippen LogP contribution in [-0.4, -0.2) is 48.1 Å². The van der Waals surface area contributed by atoms with E-state index < -0.39 is 11.4 Å². The lowest BCUT2D eigenvalue weighted by molar-refractivity contribution is -0.153. The van der Waals surface area contributed by atoms with E-state index in [1.807, 2.05) is 4.90 Å². The Morgan fingerprint density at radius 2 is 1.94 bits per heavy atom. The number of hydrogen-bond acceptors (Lipinski definition) is 3. The number of nitrogens with zero attached hydrogens (tertiary/aromatic N) is 1. The molecule has 5 nitrogen and oxygen atoms in total. The fourth-order valence-electron chi connectivity index (χ4n) is 2.33. The number of amides is 1. The number of aliphatic carboxylic acids is 1. The molecule has 2 heterocycles. The van der Waals surface area contributed by atoms with Gasteiger partial charge in [0, 0.05) is 19.5 Å². The first-order chi connectivity index (χ1) is 8.01. The Kier molecular flexibility index (Phi) is 3.38. The van der Waals surface area contributed by atoms with Gasteiger partial charge in [-0.1, -0.05) is 0 Å². The van der Waals surface area contributed by atoms with E-state index in [-0.39, 0.29) is 5.91 Å². The second-order valence-electron chi connectivity index (χ2n) is 5.47. The highest BCUT2D eigenvalue weighted by Gasteiger charge is 2.38. The van der Waals surface area contributed by atoms with Crippen LogP contribution in [-0.2, 0) is 9.59 Å². The van der Waals surface area contributed by atoms with Crippen LogP contribution in [0.3, 0.4) is 0 Å². The third-order valence-electron chi connectivity index (χ3n) is 4.07. The molecule has 0 radical (unpaired) electrons. The van der Waals surface area contributed by atoms with Crippen molar-refractivity contribution in [3.8, 4) is 0 Å². The van der Waals surface area contributed by atoms with Gasteiger partial charge < -0.3 is 15.3 Å². The number of carboxylic acid groups (broad SMARTS) is 1. The molecule has 2 aliphatic rings. The van der Waals surface area contributed by atoms with Crippen molar-refractivity contribution < 1.29 is 14.7 Å². The van der Waals surface area contributed by atoms with Crippen molar-refractivity contribution in [2.75, 3.05) is 26.2 Å². The average molecular weight is 240 g/mol. The molecule has 0 aromatic heterocycles. The quantitative estimate of drug-likeness (QED) is 0.745. The highest BCUT2D eigenvalue weighted by molar-refractivity contribution is 5.78. The summed E-state index contributed by atoms with van der Waals surface area (Å²) >= 11 is 0. The Morgan fingerprint density at radius 1 is 1.35 bits per heavy atom. The Labute approximate surface area is 101 Å². The Balaban J connectivity index is 1.81. The van der Waals surface area contributed by atoms with Crippen LogP contribution >= 0.6 is 0 Å². The van der Waals surface area contributed by atoms with E-state index in [1.165, 1.54) is 0 Å². The van der Waals surface area contributed by atoms with Gasteiger partial charge in [-0.3, -0.25) is 9.59 Å². The first-order valence-electron chi connectivity index (χ1n) is 6.23. The molecule has 0 aliphatic carbocycles. The summed E-state index contributed by atoms with van der Waals surface area (Å²) in [6, 6.07) is 0. The van der Waals surface area contributed by atoms with Crippen molar-refractivity contribution >= 4 is 11.9 Å². The van der Waals surface area contributed by atoms with Crippen molar-refractivity contribution in [1.82, 2.24) is 10.2 Å². The monoisotopic (exact) mass is 240 g/mol. The largest absolute Gasteiger partial charge is 0.481 e. The molecule has 0 aromatic carbocycles. The molecule has 0 unspecified atom stereocenters. The minimum absolute atomic E-state index is 0.184. The van der Waals surface area contributed by atoms with Crippen molar-refractivity contribution in [3.63, 3.8) is 0 Å². The molecule has 0 spiro atoms. The summed E-state index contributed by atoms with van der Waals surface area (Å²) < 4.78 is 0. The lowest BCUT2D eigenvalue weighted by Crippen LogP contribution is -2.48. The average Bonchev–Trinajstić information content (AvgIpc) is 2.24. The Bertz CT molecular complexity index is 318. The van der Waals surface area contributed by atoms with E-state index in [9.17, 15) is 9.59 Å². The van der Waals surface area contributed by atoms with Gasteiger partial charge in [0.25, 0.3) is 0 Å². The normalized spacial score (nSPS) is 24.2. The number of piperidine rings is 1. The molecule has 1 amide bonds. The van der Waals surface area contributed by atoms with Crippen LogP contribution in [0, 0.1) is 11.3 Å². The van der Waals surface area contributed by atoms with E-state index in [4.69, 9.17) is 5.11 Å². The Morgan fingerprint density at radius 3 is 2.35 bits per heavy atom. The lowest BCUT2D eigenvalue weighted by Gasteiger charge is -2.37. The number of carbonyl (C=O) groups excluding carboxylic acids is 1. The lowest BCUT2D eigenvalue weighted by atomic mass is 9.80. The zero-order chi connectivity index (χ0) is 12.5. The number of nitrogens with one attached hydrogen (secondary N) is 1. The predicted octanol–water partition coefficient (Wildman–Crippen LogP) is 0.309. The highest BCUT2D eigenvalue weighted by atomic mass is 16.4. The van der Waals surface area contributed by atoms with Gasteiger partial charge >= 0.3 is 5.97 Å². The van der Waals surface area contributed by atoms with Gasteiger partial charge in [0.2, 0.25) is 5.91 Å². The maximum atomic E-state index is 11.9. The van der Waals surface area contributed by atoms with Crippen molar-refractivity contribution in [2.45, 2.75) is 26.2 Å². The number of likely N-dealkylation sites (tertiary alicyclic amines) is 1. The van der Waals surface area contributed by atoms with Crippen molar-refractivity contribution in [2.24, 2.45) is 11.3 Å². The van der Waals surface area contributed by atoms with Crippen LogP contribution in [0.25, 0.3) is 0 Å². The molecule has 2 N–H and O–H groups in total. The van der Waals surface area contributed by atoms with Gasteiger partial charge in [0.05, 0.1) is 5.41 Å². The summed E-state index contributed by atoms with van der Waals surface area (Å²) in [6.07, 6.45) is 1.74. The molecule has 0 aromatic rings. The van der Waals surface area contributed by atoms with Crippen LogP contribution < -0.4 is 5.32 Å². The van der Waals surface area contributed by atoms with Gasteiger partial charge in [-0.25, -0.2) is 0 Å². The van der Waals surface area contributed by atoms with Crippen molar-refractivity contribution in [3.05, 3.63) is 0 Å². The standard InChI is InChI=1S/C12H20N2O3/c1-12(11(16)17)2-4-14(5-3-12)10(15)6-9-7-13-8-9/h9,13H,2-8H2,1H3,(H,16,17). The van der Waals surface area contributed by atoms with Crippen LogP contribution in [0.15, 0.2) is 0 Å². The fourth-order valence-corrected chi connectivity index (χ4v) is 2.33. The topological polar surface area (TPSA) is 69.6 Å². The number of carbonyl (C=O) groups is 2. The molecule has 0 bridgehead atoms. The summed E-state index contributed by atoms with van der Waals surface area (Å²) in [5.74, 6) is -0.0768. The molecule has 0 atom stereocenters. The van der Waals surface area contributed by atoms with Gasteiger partial charge in [-0.2, -0.15) is 0 Å². The molecular formula is C12H20N2O3. The molecule has 17 heavy (non-hydrogen) atoms. The minimum Gasteiger partial charge on any atom is -0.481 e. The van der Waals surface area contributed by atoms with Crippen LogP contribution in [0.2, 0.25) is 0 Å². The van der Waals surface area contributed by atoms with E-state index in [1.54, 1.807) is 6.92 Å². The van der Waals surface area contributed by atoms with Gasteiger partial charge in [-0.05, 0) is 38.8 Å².